The van der Waals surface area contributed by atoms with Gasteiger partial charge in [0.05, 0.1) is 6.54 Å². The highest BCUT2D eigenvalue weighted by molar-refractivity contribution is 7.91. The third-order valence-electron chi connectivity index (χ3n) is 3.22. The molecule has 20 heavy (non-hydrogen) atoms. The maximum absolute atomic E-state index is 12.6. The van der Waals surface area contributed by atoms with Crippen molar-refractivity contribution in [3.8, 4) is 0 Å². The van der Waals surface area contributed by atoms with Gasteiger partial charge in [-0.2, -0.15) is 4.31 Å². The lowest BCUT2D eigenvalue weighted by atomic mass is 10.3. The second kappa shape index (κ2) is 5.16. The van der Waals surface area contributed by atoms with Crippen molar-refractivity contribution in [2.24, 2.45) is 0 Å². The number of carbonyl (C=O) groups is 1. The van der Waals surface area contributed by atoms with Gasteiger partial charge in [0.15, 0.2) is 0 Å². The van der Waals surface area contributed by atoms with E-state index in [1.807, 2.05) is 24.3 Å². The Morgan fingerprint density at radius 1 is 1.25 bits per heavy atom. The van der Waals surface area contributed by atoms with E-state index in [9.17, 15) is 13.2 Å². The Kier molecular flexibility index (Phi) is 3.49. The summed E-state index contributed by atoms with van der Waals surface area (Å²) in [5.74, 6) is -0.243. The molecule has 1 aliphatic rings. The predicted molar refractivity (Wildman–Crippen MR) is 78.2 cm³/mol. The number of carbonyl (C=O) groups excluding carboxylic acids is 1. The van der Waals surface area contributed by atoms with Gasteiger partial charge in [0.25, 0.3) is 10.0 Å². The number of amides is 1. The van der Waals surface area contributed by atoms with Crippen LogP contribution in [-0.4, -0.2) is 38.3 Å². The molecular formula is C13H14N2O3S2. The minimum absolute atomic E-state index is 0.101. The molecule has 0 aliphatic carbocycles. The number of nitrogens with one attached hydrogen (secondary N) is 1. The van der Waals surface area contributed by atoms with E-state index in [-0.39, 0.29) is 12.5 Å². The van der Waals surface area contributed by atoms with E-state index in [2.05, 4.69) is 5.32 Å². The van der Waals surface area contributed by atoms with Gasteiger partial charge < -0.3 is 5.32 Å². The van der Waals surface area contributed by atoms with Crippen LogP contribution in [0.3, 0.4) is 0 Å². The van der Waals surface area contributed by atoms with Crippen molar-refractivity contribution in [3.63, 3.8) is 0 Å². The fourth-order valence-corrected chi connectivity index (χ4v) is 5.18. The number of benzene rings is 1. The van der Waals surface area contributed by atoms with Crippen molar-refractivity contribution in [2.45, 2.75) is 10.6 Å². The van der Waals surface area contributed by atoms with Crippen molar-refractivity contribution in [1.82, 2.24) is 9.62 Å². The molecule has 1 aromatic heterocycles. The van der Waals surface area contributed by atoms with Crippen LogP contribution in [0.4, 0.5) is 0 Å². The predicted octanol–water partition coefficient (Wildman–Crippen LogP) is 1.41. The van der Waals surface area contributed by atoms with Crippen molar-refractivity contribution in [3.05, 3.63) is 30.3 Å². The molecule has 2 heterocycles. The van der Waals surface area contributed by atoms with Crippen LogP contribution in [0.15, 0.2) is 34.5 Å². The molecule has 1 fully saturated rings. The summed E-state index contributed by atoms with van der Waals surface area (Å²) in [6.07, 6.45) is 0.635. The Morgan fingerprint density at radius 3 is 2.85 bits per heavy atom. The monoisotopic (exact) mass is 310 g/mol. The molecule has 1 aliphatic heterocycles. The summed E-state index contributed by atoms with van der Waals surface area (Å²) >= 11 is 1.24. The van der Waals surface area contributed by atoms with E-state index in [1.54, 1.807) is 6.07 Å². The fourth-order valence-electron chi connectivity index (χ4n) is 2.20. The molecule has 1 N–H and O–H groups in total. The molecule has 1 saturated heterocycles. The van der Waals surface area contributed by atoms with Crippen molar-refractivity contribution in [2.75, 3.05) is 19.6 Å². The fraction of sp³-hybridized carbons (Fsp3) is 0.308. The topological polar surface area (TPSA) is 66.5 Å². The van der Waals surface area contributed by atoms with Gasteiger partial charge in [-0.05, 0) is 23.9 Å². The number of thiophene rings is 1. The van der Waals surface area contributed by atoms with E-state index in [4.69, 9.17) is 0 Å². The highest BCUT2D eigenvalue weighted by Gasteiger charge is 2.29. The Balaban J connectivity index is 1.99. The van der Waals surface area contributed by atoms with Gasteiger partial charge in [-0.1, -0.05) is 18.2 Å². The molecule has 0 spiro atoms. The molecule has 0 saturated carbocycles. The smallest absolute Gasteiger partial charge is 0.253 e. The first-order chi connectivity index (χ1) is 9.57. The largest absolute Gasteiger partial charge is 0.355 e. The molecule has 3 rings (SSSR count). The molecule has 1 amide bonds. The molecule has 0 atom stereocenters. The number of sulfonamides is 1. The summed E-state index contributed by atoms with van der Waals surface area (Å²) in [5, 5.41) is 3.60. The Labute approximate surface area is 121 Å². The molecule has 5 nitrogen and oxygen atoms in total. The van der Waals surface area contributed by atoms with E-state index in [0.29, 0.717) is 23.7 Å². The summed E-state index contributed by atoms with van der Waals surface area (Å²) in [7, 11) is -3.59. The zero-order valence-electron chi connectivity index (χ0n) is 10.7. The first-order valence-electron chi connectivity index (χ1n) is 6.33. The molecule has 0 bridgehead atoms. The van der Waals surface area contributed by atoms with Crippen molar-refractivity contribution in [1.29, 1.82) is 0 Å². The van der Waals surface area contributed by atoms with Gasteiger partial charge in [0.2, 0.25) is 5.91 Å². The van der Waals surface area contributed by atoms with Gasteiger partial charge in [0, 0.05) is 17.8 Å². The van der Waals surface area contributed by atoms with Gasteiger partial charge in [-0.3, -0.25) is 4.79 Å². The van der Waals surface area contributed by atoms with Gasteiger partial charge in [-0.25, -0.2) is 8.42 Å². The lowest BCUT2D eigenvalue weighted by molar-refractivity contribution is -0.120. The first kappa shape index (κ1) is 13.5. The maximum Gasteiger partial charge on any atom is 0.253 e. The van der Waals surface area contributed by atoms with Crippen LogP contribution in [0, 0.1) is 0 Å². The van der Waals surface area contributed by atoms with Crippen LogP contribution in [-0.2, 0) is 14.8 Å². The Bertz CT molecular complexity index is 719. The number of hydrogen-bond donors (Lipinski definition) is 1. The highest BCUT2D eigenvalue weighted by Crippen LogP contribution is 2.30. The van der Waals surface area contributed by atoms with Gasteiger partial charge in [-0.15, -0.1) is 11.3 Å². The third-order valence-corrected chi connectivity index (χ3v) is 6.63. The van der Waals surface area contributed by atoms with Crippen LogP contribution >= 0.6 is 11.3 Å². The average molecular weight is 310 g/mol. The van der Waals surface area contributed by atoms with Crippen molar-refractivity contribution < 1.29 is 13.2 Å². The second-order valence-corrected chi connectivity index (χ2v) is 7.89. The highest BCUT2D eigenvalue weighted by atomic mass is 32.2. The van der Waals surface area contributed by atoms with E-state index in [1.165, 1.54) is 15.6 Å². The van der Waals surface area contributed by atoms with Crippen LogP contribution in [0.25, 0.3) is 10.1 Å². The summed E-state index contributed by atoms with van der Waals surface area (Å²) in [6.45, 7) is 0.795. The average Bonchev–Trinajstić information content (AvgIpc) is 2.75. The molecule has 0 unspecified atom stereocenters. The lowest BCUT2D eigenvalue weighted by Gasteiger charge is -2.17. The summed E-state index contributed by atoms with van der Waals surface area (Å²) < 4.78 is 27.7. The molecule has 106 valence electrons. The van der Waals surface area contributed by atoms with Crippen LogP contribution in [0.5, 0.6) is 0 Å². The standard InChI is InChI=1S/C13H14N2O3S2/c16-12-9-15(7-3-6-14-12)20(17,18)13-8-10-4-1-2-5-11(10)19-13/h1-2,4-5,8H,3,6-7,9H2,(H,14,16). The Morgan fingerprint density at radius 2 is 2.05 bits per heavy atom. The Hall–Kier alpha value is -1.44. The number of nitrogens with zero attached hydrogens (tertiary/aromatic N) is 1. The number of fused-ring (bicyclic) bond motifs is 1. The maximum atomic E-state index is 12.6. The summed E-state index contributed by atoms with van der Waals surface area (Å²) in [6, 6.07) is 9.23. The zero-order valence-corrected chi connectivity index (χ0v) is 12.3. The van der Waals surface area contributed by atoms with Crippen molar-refractivity contribution >= 4 is 37.4 Å². The molecule has 2 aromatic rings. The molecular weight excluding hydrogens is 296 g/mol. The van der Waals surface area contributed by atoms with Gasteiger partial charge in [0.1, 0.15) is 4.21 Å². The molecule has 7 heteroatoms. The lowest BCUT2D eigenvalue weighted by Crippen LogP contribution is -2.37. The first-order valence-corrected chi connectivity index (χ1v) is 8.58. The summed E-state index contributed by atoms with van der Waals surface area (Å²) in [4.78, 5) is 11.5. The van der Waals surface area contributed by atoms with Crippen LogP contribution in [0.2, 0.25) is 0 Å². The zero-order chi connectivity index (χ0) is 14.2. The molecule has 1 aromatic carbocycles. The third kappa shape index (κ3) is 2.44. The van der Waals surface area contributed by atoms with E-state index >= 15 is 0 Å². The number of rotatable bonds is 2. The van der Waals surface area contributed by atoms with E-state index < -0.39 is 10.0 Å². The summed E-state index contributed by atoms with van der Waals surface area (Å²) in [5.41, 5.74) is 0. The SMILES string of the molecule is O=C1CN(S(=O)(=O)c2cc3ccccc3s2)CCCN1. The second-order valence-electron chi connectivity index (χ2n) is 4.65. The minimum atomic E-state index is -3.59. The van der Waals surface area contributed by atoms with Crippen LogP contribution < -0.4 is 5.32 Å². The number of hydrogen-bond acceptors (Lipinski definition) is 4. The normalized spacial score (nSPS) is 17.9. The van der Waals surface area contributed by atoms with Crippen LogP contribution in [0.1, 0.15) is 6.42 Å². The quantitative estimate of drug-likeness (QED) is 0.912. The molecule has 0 radical (unpaired) electrons. The van der Waals surface area contributed by atoms with Gasteiger partial charge >= 0.3 is 0 Å². The van der Waals surface area contributed by atoms with E-state index in [0.717, 1.165) is 10.1 Å². The minimum Gasteiger partial charge on any atom is -0.355 e.